The first-order valence-electron chi connectivity index (χ1n) is 15.2. The molecule has 0 amide bonds. The molecule has 9 heteroatoms. The number of allylic oxidation sites excluding steroid dienone is 3. The molecule has 5 heterocycles. The third kappa shape index (κ3) is 4.24. The van der Waals surface area contributed by atoms with Crippen LogP contribution in [0.15, 0.2) is 139 Å². The van der Waals surface area contributed by atoms with E-state index in [-0.39, 0.29) is 5.92 Å². The van der Waals surface area contributed by atoms with Crippen LogP contribution in [0.2, 0.25) is 0 Å². The SMILES string of the molecule is CC1C=CCC(c2cc3ccc4ccc(-c5ccccc5)nc4c3nc2-c2ccccc2)=C1C1=NC2=NC=NC3=NC=NC(=N1)N32. The van der Waals surface area contributed by atoms with E-state index in [1.807, 2.05) is 36.4 Å². The number of pyridine rings is 2. The molecule has 3 aromatic carbocycles. The van der Waals surface area contributed by atoms with Crippen molar-refractivity contribution in [3.8, 4) is 22.5 Å². The van der Waals surface area contributed by atoms with Gasteiger partial charge in [-0.25, -0.2) is 34.8 Å². The highest BCUT2D eigenvalue weighted by Crippen LogP contribution is 2.40. The van der Waals surface area contributed by atoms with E-state index in [9.17, 15) is 0 Å². The lowest BCUT2D eigenvalue weighted by atomic mass is 9.83. The Labute approximate surface area is 264 Å². The van der Waals surface area contributed by atoms with E-state index in [1.165, 1.54) is 12.7 Å². The first-order chi connectivity index (χ1) is 22.7. The van der Waals surface area contributed by atoms with Crippen molar-refractivity contribution in [2.24, 2.45) is 35.9 Å². The molecule has 0 radical (unpaired) electrons. The number of nitrogens with zero attached hydrogens (tertiary/aromatic N) is 9. The summed E-state index contributed by atoms with van der Waals surface area (Å²) in [7, 11) is 0. The lowest BCUT2D eigenvalue weighted by molar-refractivity contribution is 0.824. The van der Waals surface area contributed by atoms with Crippen molar-refractivity contribution in [1.29, 1.82) is 0 Å². The van der Waals surface area contributed by atoms with Gasteiger partial charge in [-0.2, -0.15) is 9.98 Å². The molecule has 0 spiro atoms. The van der Waals surface area contributed by atoms with Crippen LogP contribution in [0, 0.1) is 5.92 Å². The molecule has 4 aliphatic rings. The maximum Gasteiger partial charge on any atom is 0.243 e. The van der Waals surface area contributed by atoms with E-state index in [0.717, 1.165) is 61.0 Å². The van der Waals surface area contributed by atoms with Crippen LogP contribution in [0.25, 0.3) is 49.9 Å². The van der Waals surface area contributed by atoms with Crippen LogP contribution in [0.5, 0.6) is 0 Å². The smallest absolute Gasteiger partial charge is 0.243 e. The summed E-state index contributed by atoms with van der Waals surface area (Å²) >= 11 is 0. The van der Waals surface area contributed by atoms with E-state index in [2.05, 4.69) is 93.6 Å². The summed E-state index contributed by atoms with van der Waals surface area (Å²) in [6.07, 6.45) is 8.06. The number of guanidine groups is 3. The highest BCUT2D eigenvalue weighted by Gasteiger charge is 2.34. The van der Waals surface area contributed by atoms with E-state index in [0.29, 0.717) is 30.1 Å². The number of rotatable bonds is 4. The molecular weight excluding hydrogens is 570 g/mol. The molecule has 1 unspecified atom stereocenters. The van der Waals surface area contributed by atoms with Gasteiger partial charge in [0.05, 0.1) is 22.4 Å². The predicted molar refractivity (Wildman–Crippen MR) is 186 cm³/mol. The minimum absolute atomic E-state index is 0.0444. The second kappa shape index (κ2) is 10.4. The molecule has 3 aliphatic heterocycles. The van der Waals surface area contributed by atoms with Crippen LogP contribution >= 0.6 is 0 Å². The molecule has 2 aromatic heterocycles. The third-order valence-electron chi connectivity index (χ3n) is 8.56. The van der Waals surface area contributed by atoms with Crippen LogP contribution in [0.3, 0.4) is 0 Å². The second-order valence-corrected chi connectivity index (χ2v) is 11.4. The van der Waals surface area contributed by atoms with E-state index < -0.39 is 0 Å². The lowest BCUT2D eigenvalue weighted by Gasteiger charge is -2.30. The Balaban J connectivity index is 1.29. The Morgan fingerprint density at radius 1 is 0.674 bits per heavy atom. The van der Waals surface area contributed by atoms with Crippen molar-refractivity contribution in [3.05, 3.63) is 114 Å². The standard InChI is InChI=1S/C37H25N9/c1-22-9-8-14-27(30(22)34-44-36-40-20-38-35-39-21-41-37(45-34)46(35)36)28-19-26-16-15-25-17-18-29(23-10-4-2-5-11-23)42-32(25)33(26)43-31(28)24-12-6-3-7-13-24/h2-13,15-22H,14H2,1H3. The minimum Gasteiger partial charge on any atom is -0.245 e. The average molecular weight is 596 g/mol. The van der Waals surface area contributed by atoms with Crippen LogP contribution in [0.4, 0.5) is 0 Å². The summed E-state index contributed by atoms with van der Waals surface area (Å²) < 4.78 is 0. The van der Waals surface area contributed by atoms with Gasteiger partial charge in [0.25, 0.3) is 0 Å². The summed E-state index contributed by atoms with van der Waals surface area (Å²) in [5, 5.41) is 2.06. The Kier molecular flexibility index (Phi) is 5.95. The molecule has 0 bridgehead atoms. The fourth-order valence-corrected chi connectivity index (χ4v) is 6.39. The molecule has 0 N–H and O–H groups in total. The second-order valence-electron chi connectivity index (χ2n) is 11.4. The highest BCUT2D eigenvalue weighted by atomic mass is 15.5. The third-order valence-corrected chi connectivity index (χ3v) is 8.56. The highest BCUT2D eigenvalue weighted by molar-refractivity contribution is 6.30. The fourth-order valence-electron chi connectivity index (χ4n) is 6.39. The molecule has 0 saturated carbocycles. The number of aliphatic imine (C=N–C) groups is 6. The molecule has 1 aliphatic carbocycles. The Bertz CT molecular complexity index is 2340. The van der Waals surface area contributed by atoms with Crippen molar-refractivity contribution in [1.82, 2.24) is 14.9 Å². The van der Waals surface area contributed by atoms with Gasteiger partial charge in [-0.15, -0.1) is 0 Å². The molecule has 0 saturated heterocycles. The van der Waals surface area contributed by atoms with Gasteiger partial charge >= 0.3 is 0 Å². The van der Waals surface area contributed by atoms with Gasteiger partial charge < -0.3 is 0 Å². The maximum absolute atomic E-state index is 5.42. The largest absolute Gasteiger partial charge is 0.245 e. The van der Waals surface area contributed by atoms with Gasteiger partial charge in [-0.3, -0.25) is 0 Å². The van der Waals surface area contributed by atoms with Gasteiger partial charge in [0.2, 0.25) is 17.9 Å². The maximum atomic E-state index is 5.42. The van der Waals surface area contributed by atoms with Gasteiger partial charge in [-0.05, 0) is 24.1 Å². The summed E-state index contributed by atoms with van der Waals surface area (Å²) in [5.74, 6) is 1.98. The number of amidine groups is 1. The summed E-state index contributed by atoms with van der Waals surface area (Å²) in [5.41, 5.74) is 8.82. The predicted octanol–water partition coefficient (Wildman–Crippen LogP) is 7.33. The first-order valence-corrected chi connectivity index (χ1v) is 15.2. The average Bonchev–Trinajstić information content (AvgIpc) is 3.11. The number of hydrogen-bond donors (Lipinski definition) is 0. The summed E-state index contributed by atoms with van der Waals surface area (Å²) in [6.45, 7) is 2.17. The monoisotopic (exact) mass is 595 g/mol. The normalized spacial score (nSPS) is 18.4. The van der Waals surface area contributed by atoms with Gasteiger partial charge in [0.15, 0.2) is 5.84 Å². The van der Waals surface area contributed by atoms with Crippen LogP contribution in [0.1, 0.15) is 18.9 Å². The lowest BCUT2D eigenvalue weighted by Crippen LogP contribution is -2.46. The topological polar surface area (TPSA) is 103 Å². The minimum atomic E-state index is 0.0444. The summed E-state index contributed by atoms with van der Waals surface area (Å²) in [4.78, 5) is 39.4. The molecule has 1 atom stereocenters. The molecule has 9 nitrogen and oxygen atoms in total. The molecule has 9 rings (SSSR count). The van der Waals surface area contributed by atoms with E-state index in [1.54, 1.807) is 4.90 Å². The first kappa shape index (κ1) is 26.2. The molecule has 46 heavy (non-hydrogen) atoms. The summed E-state index contributed by atoms with van der Waals surface area (Å²) in [6, 6.07) is 31.3. The molecule has 0 fully saturated rings. The number of benzene rings is 3. The van der Waals surface area contributed by atoms with E-state index in [4.69, 9.17) is 20.0 Å². The van der Waals surface area contributed by atoms with E-state index >= 15 is 0 Å². The van der Waals surface area contributed by atoms with Crippen LogP contribution in [-0.2, 0) is 0 Å². The fraction of sp³-hybridized carbons (Fsp3) is 0.0811. The van der Waals surface area contributed by atoms with Crippen LogP contribution in [-0.4, -0.2) is 51.3 Å². The zero-order valence-corrected chi connectivity index (χ0v) is 24.8. The Morgan fingerprint density at radius 3 is 2.20 bits per heavy atom. The van der Waals surface area contributed by atoms with Crippen LogP contribution < -0.4 is 0 Å². The van der Waals surface area contributed by atoms with Gasteiger partial charge in [0, 0.05) is 39.0 Å². The molecular formula is C37H25N9. The van der Waals surface area contributed by atoms with Crippen molar-refractivity contribution < 1.29 is 0 Å². The Morgan fingerprint density at radius 2 is 1.37 bits per heavy atom. The zero-order chi connectivity index (χ0) is 30.6. The van der Waals surface area contributed by atoms with Gasteiger partial charge in [-0.1, -0.05) is 97.9 Å². The number of aromatic nitrogens is 2. The molecule has 5 aromatic rings. The van der Waals surface area contributed by atoms with Crippen molar-refractivity contribution in [2.45, 2.75) is 13.3 Å². The number of fused-ring (bicyclic) bond motifs is 3. The Hall–Kier alpha value is -6.22. The van der Waals surface area contributed by atoms with Gasteiger partial charge in [0.1, 0.15) is 12.7 Å². The van der Waals surface area contributed by atoms with Crippen molar-refractivity contribution in [2.75, 3.05) is 0 Å². The quantitative estimate of drug-likeness (QED) is 0.160. The van der Waals surface area contributed by atoms with Crippen molar-refractivity contribution >= 4 is 63.8 Å². The molecule has 218 valence electrons. The zero-order valence-electron chi connectivity index (χ0n) is 24.8. The van der Waals surface area contributed by atoms with Crippen molar-refractivity contribution in [3.63, 3.8) is 0 Å². The number of hydrogen-bond acceptors (Lipinski definition) is 9.